The Morgan fingerprint density at radius 3 is 2.62 bits per heavy atom. The molecule has 0 radical (unpaired) electrons. The Kier molecular flexibility index (Phi) is 5.45. The number of amides is 1. The number of aryl methyl sites for hydroxylation is 1. The molecule has 2 aromatic carbocycles. The predicted molar refractivity (Wildman–Crippen MR) is 104 cm³/mol. The van der Waals surface area contributed by atoms with Gasteiger partial charge in [0.2, 0.25) is 11.0 Å². The maximum Gasteiger partial charge on any atom is 0.239 e. The zero-order valence-electron chi connectivity index (χ0n) is 13.8. The van der Waals surface area contributed by atoms with Crippen LogP contribution in [0.4, 0.5) is 5.13 Å². The van der Waals surface area contributed by atoms with E-state index in [1.807, 2.05) is 13.0 Å². The number of rotatable bonds is 6. The van der Waals surface area contributed by atoms with E-state index in [9.17, 15) is 13.2 Å². The number of halogens is 1. The predicted octanol–water partition coefficient (Wildman–Crippen LogP) is 3.57. The highest BCUT2D eigenvalue weighted by Crippen LogP contribution is 2.33. The van der Waals surface area contributed by atoms with Gasteiger partial charge in [-0.3, -0.25) is 15.6 Å². The van der Waals surface area contributed by atoms with Gasteiger partial charge in [0.25, 0.3) is 0 Å². The van der Waals surface area contributed by atoms with Crippen LogP contribution in [0.2, 0.25) is 5.02 Å². The highest BCUT2D eigenvalue weighted by molar-refractivity contribution is 7.91. The van der Waals surface area contributed by atoms with Crippen molar-refractivity contribution in [3.05, 3.63) is 53.1 Å². The van der Waals surface area contributed by atoms with Crippen molar-refractivity contribution < 1.29 is 13.2 Å². The lowest BCUT2D eigenvalue weighted by molar-refractivity contribution is -0.120. The molecule has 6 nitrogen and oxygen atoms in total. The van der Waals surface area contributed by atoms with Gasteiger partial charge in [-0.05, 0) is 30.7 Å². The molecule has 2 N–H and O–H groups in total. The van der Waals surface area contributed by atoms with Crippen LogP contribution < -0.4 is 10.9 Å². The fourth-order valence-electron chi connectivity index (χ4n) is 2.31. The van der Waals surface area contributed by atoms with Crippen LogP contribution >= 0.6 is 22.9 Å². The molecule has 3 rings (SSSR count). The molecular weight excluding hydrogens is 394 g/mol. The minimum absolute atomic E-state index is 0.158. The molecule has 0 atom stereocenters. The quantitative estimate of drug-likeness (QED) is 0.607. The Morgan fingerprint density at radius 1 is 1.19 bits per heavy atom. The van der Waals surface area contributed by atoms with Crippen LogP contribution in [0.15, 0.2) is 47.4 Å². The second-order valence-electron chi connectivity index (χ2n) is 5.62. The molecule has 26 heavy (non-hydrogen) atoms. The number of aromatic nitrogens is 1. The third-order valence-corrected chi connectivity index (χ3v) is 6.87. The number of hydrogen-bond donors (Lipinski definition) is 2. The van der Waals surface area contributed by atoms with E-state index in [0.717, 1.165) is 15.8 Å². The summed E-state index contributed by atoms with van der Waals surface area (Å²) in [5.41, 5.74) is 6.94. The Balaban J connectivity index is 1.60. The number of carbonyl (C=O) groups excluding carboxylic acids is 1. The van der Waals surface area contributed by atoms with E-state index < -0.39 is 15.7 Å². The molecule has 0 saturated heterocycles. The van der Waals surface area contributed by atoms with E-state index in [2.05, 4.69) is 15.8 Å². The Morgan fingerprint density at radius 2 is 1.92 bits per heavy atom. The molecule has 0 spiro atoms. The first kappa shape index (κ1) is 18.6. The van der Waals surface area contributed by atoms with Gasteiger partial charge in [-0.25, -0.2) is 13.4 Å². The lowest BCUT2D eigenvalue weighted by Gasteiger charge is -2.06. The van der Waals surface area contributed by atoms with E-state index >= 15 is 0 Å². The van der Waals surface area contributed by atoms with E-state index in [1.165, 1.54) is 23.5 Å². The summed E-state index contributed by atoms with van der Waals surface area (Å²) in [6.07, 6.45) is -0.158. The highest BCUT2D eigenvalue weighted by Gasteiger charge is 2.16. The average Bonchev–Trinajstić information content (AvgIpc) is 3.08. The number of nitrogens with one attached hydrogen (secondary N) is 2. The van der Waals surface area contributed by atoms with E-state index in [0.29, 0.717) is 10.2 Å². The lowest BCUT2D eigenvalue weighted by atomic mass is 10.2. The van der Waals surface area contributed by atoms with Gasteiger partial charge in [0.15, 0.2) is 9.84 Å². The molecule has 0 aliphatic carbocycles. The van der Waals surface area contributed by atoms with Gasteiger partial charge in [0.05, 0.1) is 25.9 Å². The lowest BCUT2D eigenvalue weighted by Crippen LogP contribution is -2.30. The second-order valence-corrected chi connectivity index (χ2v) is 9.13. The van der Waals surface area contributed by atoms with Gasteiger partial charge in [0, 0.05) is 6.42 Å². The van der Waals surface area contributed by atoms with Crippen molar-refractivity contribution in [3.8, 4) is 0 Å². The summed E-state index contributed by atoms with van der Waals surface area (Å²) in [6, 6.07) is 11.7. The first-order valence-electron chi connectivity index (χ1n) is 7.75. The van der Waals surface area contributed by atoms with Crippen molar-refractivity contribution in [2.24, 2.45) is 0 Å². The summed E-state index contributed by atoms with van der Waals surface area (Å²) in [4.78, 5) is 16.6. The Hall–Kier alpha value is -2.16. The third-order valence-electron chi connectivity index (χ3n) is 3.71. The molecule has 0 saturated carbocycles. The van der Waals surface area contributed by atoms with Crippen LogP contribution in [-0.4, -0.2) is 25.1 Å². The number of fused-ring (bicyclic) bond motifs is 1. The molecular formula is C17H16ClN3O3S2. The number of benzene rings is 2. The van der Waals surface area contributed by atoms with Gasteiger partial charge in [0.1, 0.15) is 0 Å². The Labute approximate surface area is 160 Å². The van der Waals surface area contributed by atoms with Gasteiger partial charge >= 0.3 is 0 Å². The first-order chi connectivity index (χ1) is 12.4. The van der Waals surface area contributed by atoms with Crippen molar-refractivity contribution >= 4 is 54.0 Å². The van der Waals surface area contributed by atoms with Crippen LogP contribution in [0, 0.1) is 6.92 Å². The number of carbonyl (C=O) groups is 1. The number of sulfone groups is 1. The molecule has 136 valence electrons. The summed E-state index contributed by atoms with van der Waals surface area (Å²) in [6.45, 7) is 1.93. The zero-order chi connectivity index (χ0) is 18.7. The molecule has 0 bridgehead atoms. The molecule has 3 aromatic rings. The smallest absolute Gasteiger partial charge is 0.239 e. The molecule has 0 aliphatic rings. The third kappa shape index (κ3) is 4.14. The van der Waals surface area contributed by atoms with Gasteiger partial charge in [-0.1, -0.05) is 47.2 Å². The SMILES string of the molecule is Cc1ccc(Cl)c2sc(NNC(=O)CCS(=O)(=O)c3ccccc3)nc12. The fraction of sp³-hybridized carbons (Fsp3) is 0.176. The molecule has 0 fully saturated rings. The van der Waals surface area contributed by atoms with E-state index in [1.54, 1.807) is 24.3 Å². The maximum atomic E-state index is 12.2. The van der Waals surface area contributed by atoms with Gasteiger partial charge in [-0.15, -0.1) is 0 Å². The average molecular weight is 410 g/mol. The second kappa shape index (κ2) is 7.61. The summed E-state index contributed by atoms with van der Waals surface area (Å²) in [7, 11) is -3.49. The van der Waals surface area contributed by atoms with E-state index in [-0.39, 0.29) is 17.1 Å². The van der Waals surface area contributed by atoms with Gasteiger partial charge < -0.3 is 0 Å². The minimum Gasteiger partial charge on any atom is -0.273 e. The first-order valence-corrected chi connectivity index (χ1v) is 10.6. The van der Waals surface area contributed by atoms with Crippen molar-refractivity contribution in [1.82, 2.24) is 10.4 Å². The van der Waals surface area contributed by atoms with Crippen LogP contribution in [0.25, 0.3) is 10.2 Å². The summed E-state index contributed by atoms with van der Waals surface area (Å²) < 4.78 is 25.2. The summed E-state index contributed by atoms with van der Waals surface area (Å²) >= 11 is 7.47. The van der Waals surface area contributed by atoms with Crippen LogP contribution in [0.3, 0.4) is 0 Å². The molecule has 0 unspecified atom stereocenters. The zero-order valence-corrected chi connectivity index (χ0v) is 16.2. The van der Waals surface area contributed by atoms with Crippen LogP contribution in [0.1, 0.15) is 12.0 Å². The molecule has 1 heterocycles. The number of hydrogen-bond acceptors (Lipinski definition) is 6. The molecule has 1 amide bonds. The van der Waals surface area contributed by atoms with Crippen LogP contribution in [-0.2, 0) is 14.6 Å². The molecule has 9 heteroatoms. The van der Waals surface area contributed by atoms with Crippen molar-refractivity contribution in [3.63, 3.8) is 0 Å². The highest BCUT2D eigenvalue weighted by atomic mass is 35.5. The monoisotopic (exact) mass is 409 g/mol. The largest absolute Gasteiger partial charge is 0.273 e. The van der Waals surface area contributed by atoms with Crippen molar-refractivity contribution in [2.75, 3.05) is 11.2 Å². The van der Waals surface area contributed by atoms with Crippen molar-refractivity contribution in [1.29, 1.82) is 0 Å². The standard InChI is InChI=1S/C17H16ClN3O3S2/c1-11-7-8-13(18)16-15(11)19-17(25-16)21-20-14(22)9-10-26(23,24)12-5-3-2-4-6-12/h2-8H,9-10H2,1H3,(H,19,21)(H,20,22). The topological polar surface area (TPSA) is 88.2 Å². The molecule has 0 aliphatic heterocycles. The normalized spacial score (nSPS) is 11.5. The van der Waals surface area contributed by atoms with Gasteiger partial charge in [-0.2, -0.15) is 0 Å². The number of anilines is 1. The fourth-order valence-corrected chi connectivity index (χ4v) is 4.74. The molecule has 1 aromatic heterocycles. The summed E-state index contributed by atoms with van der Waals surface area (Å²) in [5.74, 6) is -0.707. The summed E-state index contributed by atoms with van der Waals surface area (Å²) in [5, 5.41) is 1.08. The maximum absolute atomic E-state index is 12.2. The number of hydrazine groups is 1. The minimum atomic E-state index is -3.49. The van der Waals surface area contributed by atoms with E-state index in [4.69, 9.17) is 11.6 Å². The van der Waals surface area contributed by atoms with Crippen LogP contribution in [0.5, 0.6) is 0 Å². The Bertz CT molecular complexity index is 1010. The number of nitrogens with zero attached hydrogens (tertiary/aromatic N) is 1. The van der Waals surface area contributed by atoms with Crippen molar-refractivity contribution in [2.45, 2.75) is 18.2 Å². The number of thiazole rings is 1.